The van der Waals surface area contributed by atoms with Crippen LogP contribution in [0.4, 0.5) is 0 Å². The lowest BCUT2D eigenvalue weighted by atomic mass is 9.90. The van der Waals surface area contributed by atoms with Crippen molar-refractivity contribution in [3.63, 3.8) is 0 Å². The first-order valence-corrected chi connectivity index (χ1v) is 16.2. The first-order chi connectivity index (χ1) is 18.8. The van der Waals surface area contributed by atoms with Crippen molar-refractivity contribution in [2.24, 2.45) is 11.8 Å². The summed E-state index contributed by atoms with van der Waals surface area (Å²) in [7, 11) is 1.97. The van der Waals surface area contributed by atoms with Crippen molar-refractivity contribution >= 4 is 11.8 Å². The molecule has 5 unspecified atom stereocenters. The topological polar surface area (TPSA) is 85.9 Å². The minimum Gasteiger partial charge on any atom is -0.355 e. The third-order valence-electron chi connectivity index (χ3n) is 9.38. The molecule has 39 heavy (non-hydrogen) atoms. The lowest BCUT2D eigenvalue weighted by molar-refractivity contribution is -0.143. The zero-order valence-electron chi connectivity index (χ0n) is 25.7. The van der Waals surface area contributed by atoms with Gasteiger partial charge < -0.3 is 25.6 Å². The summed E-state index contributed by atoms with van der Waals surface area (Å²) in [6.45, 7) is 13.0. The van der Waals surface area contributed by atoms with E-state index < -0.39 is 0 Å². The van der Waals surface area contributed by atoms with Crippen molar-refractivity contribution < 1.29 is 14.3 Å². The molecule has 8 heteroatoms. The van der Waals surface area contributed by atoms with Crippen LogP contribution < -0.4 is 16.0 Å². The molecule has 3 rings (SSSR count). The SMILES string of the molecule is CCCCCC(C)N1COC(C(=O)N2CCC(CCCCNC(=O)C3CCC(CCNC)N3)CC2)C1C(C)C. The van der Waals surface area contributed by atoms with Crippen LogP contribution in [0.15, 0.2) is 0 Å². The van der Waals surface area contributed by atoms with Gasteiger partial charge >= 0.3 is 0 Å². The van der Waals surface area contributed by atoms with Crippen LogP contribution in [0.2, 0.25) is 0 Å². The van der Waals surface area contributed by atoms with Crippen LogP contribution in [0.3, 0.4) is 0 Å². The average molecular weight is 550 g/mol. The second kappa shape index (κ2) is 16.9. The van der Waals surface area contributed by atoms with Gasteiger partial charge in [0.05, 0.1) is 6.04 Å². The Kier molecular flexibility index (Phi) is 14.0. The van der Waals surface area contributed by atoms with Crippen molar-refractivity contribution in [1.82, 2.24) is 25.8 Å². The molecule has 3 N–H and O–H groups in total. The first kappa shape index (κ1) is 32.3. The summed E-state index contributed by atoms with van der Waals surface area (Å²) in [5.74, 6) is 1.43. The summed E-state index contributed by atoms with van der Waals surface area (Å²) in [6, 6.07) is 1.05. The number of carbonyl (C=O) groups excluding carboxylic acids is 2. The molecule has 0 spiro atoms. The Labute approximate surface area is 238 Å². The molecule has 0 aromatic rings. The summed E-state index contributed by atoms with van der Waals surface area (Å²) in [4.78, 5) is 30.5. The predicted molar refractivity (Wildman–Crippen MR) is 158 cm³/mol. The minimum absolute atomic E-state index is 0.0239. The van der Waals surface area contributed by atoms with E-state index in [4.69, 9.17) is 4.74 Å². The lowest BCUT2D eigenvalue weighted by Gasteiger charge is -2.37. The molecule has 3 fully saturated rings. The summed E-state index contributed by atoms with van der Waals surface area (Å²) < 4.78 is 6.17. The Morgan fingerprint density at radius 1 is 0.974 bits per heavy atom. The Morgan fingerprint density at radius 3 is 2.44 bits per heavy atom. The molecule has 0 radical (unpaired) electrons. The van der Waals surface area contributed by atoms with Gasteiger partial charge in [-0.25, -0.2) is 0 Å². The standard InChI is InChI=1S/C31H59N5O3/c1-6-7-8-11-24(4)36-22-39-29(28(36)23(2)3)31(38)35-20-16-25(17-21-35)12-9-10-18-33-30(37)27-14-13-26(34-27)15-19-32-5/h23-29,32,34H,6-22H2,1-5H3,(H,33,37). The van der Waals surface area contributed by atoms with Crippen molar-refractivity contribution in [2.45, 2.75) is 135 Å². The van der Waals surface area contributed by atoms with E-state index in [0.717, 1.165) is 71.1 Å². The lowest BCUT2D eigenvalue weighted by Crippen LogP contribution is -2.52. The van der Waals surface area contributed by atoms with Crippen molar-refractivity contribution in [1.29, 1.82) is 0 Å². The maximum atomic E-state index is 13.5. The number of nitrogens with zero attached hydrogens (tertiary/aromatic N) is 2. The highest BCUT2D eigenvalue weighted by atomic mass is 16.5. The fourth-order valence-corrected chi connectivity index (χ4v) is 6.84. The van der Waals surface area contributed by atoms with Crippen LogP contribution in [0, 0.1) is 11.8 Å². The Hall–Kier alpha value is -1.22. The van der Waals surface area contributed by atoms with Gasteiger partial charge in [-0.05, 0) is 77.3 Å². The van der Waals surface area contributed by atoms with Crippen LogP contribution in [0.1, 0.15) is 105 Å². The van der Waals surface area contributed by atoms with E-state index in [1.165, 1.54) is 32.1 Å². The van der Waals surface area contributed by atoms with Crippen LogP contribution in [0.5, 0.6) is 0 Å². The maximum absolute atomic E-state index is 13.5. The van der Waals surface area contributed by atoms with Crippen LogP contribution in [-0.2, 0) is 14.3 Å². The fraction of sp³-hybridized carbons (Fsp3) is 0.935. The summed E-state index contributed by atoms with van der Waals surface area (Å²) in [6.07, 6.45) is 13.2. The molecule has 0 saturated carbocycles. The molecule has 0 bridgehead atoms. The molecule has 3 aliphatic heterocycles. The number of carbonyl (C=O) groups is 2. The van der Waals surface area contributed by atoms with Gasteiger partial charge in [0.15, 0.2) is 6.10 Å². The monoisotopic (exact) mass is 549 g/mol. The molecule has 0 aromatic heterocycles. The molecule has 226 valence electrons. The zero-order chi connectivity index (χ0) is 28.2. The van der Waals surface area contributed by atoms with Gasteiger partial charge in [-0.15, -0.1) is 0 Å². The molecule has 5 atom stereocenters. The Morgan fingerprint density at radius 2 is 1.74 bits per heavy atom. The third-order valence-corrected chi connectivity index (χ3v) is 9.38. The number of piperidine rings is 1. The highest BCUT2D eigenvalue weighted by Crippen LogP contribution is 2.31. The van der Waals surface area contributed by atoms with Crippen molar-refractivity contribution in [3.8, 4) is 0 Å². The molecule has 8 nitrogen and oxygen atoms in total. The number of rotatable bonds is 16. The second-order valence-electron chi connectivity index (χ2n) is 12.8. The first-order valence-electron chi connectivity index (χ1n) is 16.2. The molecular weight excluding hydrogens is 490 g/mol. The van der Waals surface area contributed by atoms with E-state index >= 15 is 0 Å². The largest absolute Gasteiger partial charge is 0.355 e. The van der Waals surface area contributed by atoms with Crippen molar-refractivity contribution in [3.05, 3.63) is 0 Å². The zero-order valence-corrected chi connectivity index (χ0v) is 25.7. The summed E-state index contributed by atoms with van der Waals surface area (Å²) >= 11 is 0. The number of hydrogen-bond acceptors (Lipinski definition) is 6. The second-order valence-corrected chi connectivity index (χ2v) is 12.8. The summed E-state index contributed by atoms with van der Waals surface area (Å²) in [5.41, 5.74) is 0. The number of amides is 2. The van der Waals surface area contributed by atoms with Gasteiger partial charge in [-0.1, -0.05) is 52.9 Å². The van der Waals surface area contributed by atoms with Crippen LogP contribution >= 0.6 is 0 Å². The van der Waals surface area contributed by atoms with Gasteiger partial charge in [0.2, 0.25) is 5.91 Å². The van der Waals surface area contributed by atoms with Crippen LogP contribution in [0.25, 0.3) is 0 Å². The van der Waals surface area contributed by atoms with E-state index in [9.17, 15) is 9.59 Å². The van der Waals surface area contributed by atoms with Gasteiger partial charge in [0.1, 0.15) is 6.73 Å². The Balaban J connectivity index is 1.31. The third kappa shape index (κ3) is 9.68. The van der Waals surface area contributed by atoms with Gasteiger partial charge in [-0.3, -0.25) is 14.5 Å². The van der Waals surface area contributed by atoms with Gasteiger partial charge in [0.25, 0.3) is 5.91 Å². The predicted octanol–water partition coefficient (Wildman–Crippen LogP) is 3.89. The summed E-state index contributed by atoms with van der Waals surface area (Å²) in [5, 5.41) is 9.81. The maximum Gasteiger partial charge on any atom is 0.253 e. The quantitative estimate of drug-likeness (QED) is 0.253. The molecular formula is C31H59N5O3. The van der Waals surface area contributed by atoms with E-state index in [-0.39, 0.29) is 30.0 Å². The number of unbranched alkanes of at least 4 members (excludes halogenated alkanes) is 3. The molecule has 3 heterocycles. The molecule has 0 aromatic carbocycles. The number of ether oxygens (including phenoxy) is 1. The van der Waals surface area contributed by atoms with E-state index in [1.807, 2.05) is 7.05 Å². The molecule has 3 aliphatic rings. The van der Waals surface area contributed by atoms with E-state index in [1.54, 1.807) is 0 Å². The fourth-order valence-electron chi connectivity index (χ4n) is 6.84. The molecule has 3 saturated heterocycles. The van der Waals surface area contributed by atoms with E-state index in [0.29, 0.717) is 30.7 Å². The molecule has 2 amide bonds. The van der Waals surface area contributed by atoms with Crippen LogP contribution in [-0.4, -0.2) is 91.8 Å². The van der Waals surface area contributed by atoms with Crippen molar-refractivity contribution in [2.75, 3.05) is 40.0 Å². The highest BCUT2D eigenvalue weighted by molar-refractivity contribution is 5.82. The average Bonchev–Trinajstić information content (AvgIpc) is 3.60. The normalized spacial score (nSPS) is 27.4. The van der Waals surface area contributed by atoms with Gasteiger partial charge in [0, 0.05) is 37.8 Å². The minimum atomic E-state index is -0.327. The Bertz CT molecular complexity index is 727. The molecule has 0 aliphatic carbocycles. The highest BCUT2D eigenvalue weighted by Gasteiger charge is 2.45. The number of nitrogens with one attached hydrogen (secondary N) is 3. The van der Waals surface area contributed by atoms with Gasteiger partial charge in [-0.2, -0.15) is 0 Å². The number of likely N-dealkylation sites (tertiary alicyclic amines) is 1. The smallest absolute Gasteiger partial charge is 0.253 e. The number of hydrogen-bond donors (Lipinski definition) is 3. The van der Waals surface area contributed by atoms with E-state index in [2.05, 4.69) is 53.4 Å².